The van der Waals surface area contributed by atoms with Crippen LogP contribution in [-0.2, 0) is 16.1 Å². The first-order chi connectivity index (χ1) is 13.9. The number of nitriles is 1. The van der Waals surface area contributed by atoms with Gasteiger partial charge in [0.25, 0.3) is 5.91 Å². The highest BCUT2D eigenvalue weighted by atomic mass is 16.5. The quantitative estimate of drug-likeness (QED) is 0.759. The molecule has 1 saturated carbocycles. The molecule has 1 N–H and O–H groups in total. The molecule has 1 aromatic heterocycles. The average molecular weight is 393 g/mol. The summed E-state index contributed by atoms with van der Waals surface area (Å²) in [5, 5.41) is 12.2. The number of aromatic nitrogens is 1. The number of esters is 1. The molecule has 0 unspecified atom stereocenters. The van der Waals surface area contributed by atoms with E-state index in [9.17, 15) is 14.9 Å². The molecular weight excluding hydrogens is 366 g/mol. The molecule has 0 spiro atoms. The van der Waals surface area contributed by atoms with Gasteiger partial charge in [-0.15, -0.1) is 0 Å². The molecule has 1 fully saturated rings. The monoisotopic (exact) mass is 393 g/mol. The number of nitrogens with one attached hydrogen (secondary N) is 1. The molecule has 1 aromatic carbocycles. The minimum atomic E-state index is -0.826. The highest BCUT2D eigenvalue weighted by Crippen LogP contribution is 2.27. The zero-order valence-corrected chi connectivity index (χ0v) is 17.0. The van der Waals surface area contributed by atoms with Crippen molar-refractivity contribution in [3.63, 3.8) is 0 Å². The molecule has 1 aliphatic rings. The van der Waals surface area contributed by atoms with E-state index < -0.39 is 17.4 Å². The van der Waals surface area contributed by atoms with E-state index in [2.05, 4.69) is 16.0 Å². The molecule has 0 saturated heterocycles. The van der Waals surface area contributed by atoms with Gasteiger partial charge in [0.1, 0.15) is 5.54 Å². The van der Waals surface area contributed by atoms with Gasteiger partial charge in [0, 0.05) is 17.9 Å². The zero-order valence-electron chi connectivity index (χ0n) is 17.0. The third-order valence-electron chi connectivity index (χ3n) is 5.61. The fourth-order valence-corrected chi connectivity index (χ4v) is 3.95. The van der Waals surface area contributed by atoms with Crippen LogP contribution in [0.3, 0.4) is 0 Å². The molecule has 152 valence electrons. The highest BCUT2D eigenvalue weighted by molar-refractivity contribution is 5.93. The summed E-state index contributed by atoms with van der Waals surface area (Å²) in [5.41, 5.74) is 2.53. The lowest BCUT2D eigenvalue weighted by molar-refractivity contribution is -0.125. The summed E-state index contributed by atoms with van der Waals surface area (Å²) in [5.74, 6) is -0.956. The Hall–Kier alpha value is -3.07. The number of hydrogen-bond donors (Lipinski definition) is 1. The van der Waals surface area contributed by atoms with E-state index in [1.165, 1.54) is 0 Å². The normalized spacial score (nSPS) is 15.3. The van der Waals surface area contributed by atoms with Crippen molar-refractivity contribution in [2.45, 2.75) is 58.0 Å². The van der Waals surface area contributed by atoms with Crippen LogP contribution in [0.2, 0.25) is 0 Å². The Labute approximate surface area is 171 Å². The van der Waals surface area contributed by atoms with Crippen molar-refractivity contribution in [1.82, 2.24) is 9.88 Å². The van der Waals surface area contributed by atoms with Gasteiger partial charge in [-0.2, -0.15) is 5.26 Å². The average Bonchev–Trinajstić information content (AvgIpc) is 3.02. The van der Waals surface area contributed by atoms with Crippen LogP contribution in [0.15, 0.2) is 36.4 Å². The van der Waals surface area contributed by atoms with Crippen molar-refractivity contribution in [2.75, 3.05) is 6.61 Å². The number of carbonyl (C=O) groups excluding carboxylic acids is 2. The van der Waals surface area contributed by atoms with Crippen LogP contribution in [-0.4, -0.2) is 28.6 Å². The van der Waals surface area contributed by atoms with E-state index in [0.717, 1.165) is 36.2 Å². The van der Waals surface area contributed by atoms with Crippen molar-refractivity contribution < 1.29 is 14.3 Å². The topological polar surface area (TPSA) is 84.1 Å². The molecule has 29 heavy (non-hydrogen) atoms. The van der Waals surface area contributed by atoms with Crippen molar-refractivity contribution in [3.05, 3.63) is 58.9 Å². The Bertz CT molecular complexity index is 919. The third-order valence-corrected chi connectivity index (χ3v) is 5.61. The molecule has 1 amide bonds. The van der Waals surface area contributed by atoms with E-state index >= 15 is 0 Å². The maximum absolute atomic E-state index is 12.5. The molecule has 0 atom stereocenters. The van der Waals surface area contributed by atoms with Crippen LogP contribution in [0.25, 0.3) is 0 Å². The summed E-state index contributed by atoms with van der Waals surface area (Å²) in [6.45, 7) is 4.10. The molecule has 1 heterocycles. The second-order valence-electron chi connectivity index (χ2n) is 7.74. The first-order valence-corrected chi connectivity index (χ1v) is 10.0. The van der Waals surface area contributed by atoms with Gasteiger partial charge in [-0.25, -0.2) is 4.79 Å². The fourth-order valence-electron chi connectivity index (χ4n) is 3.95. The number of hydrogen-bond acceptors (Lipinski definition) is 4. The lowest BCUT2D eigenvalue weighted by atomic mass is 9.83. The number of aryl methyl sites for hydroxylation is 1. The second kappa shape index (κ2) is 8.95. The molecular formula is C23H27N3O3. The Morgan fingerprint density at radius 3 is 2.52 bits per heavy atom. The number of benzene rings is 1. The standard InChI is InChI=1S/C23H27N3O3/c1-17-13-20(18(2)26(17)14-19-9-5-3-6-10-19)22(28)29-15-21(27)25-23(16-24)11-7-4-8-12-23/h3,5-6,9-10,13H,4,7-8,11-12,14-15H2,1-2H3,(H,25,27). The van der Waals surface area contributed by atoms with E-state index in [4.69, 9.17) is 4.74 Å². The van der Waals surface area contributed by atoms with E-state index in [1.54, 1.807) is 6.07 Å². The largest absolute Gasteiger partial charge is 0.452 e. The van der Waals surface area contributed by atoms with Crippen LogP contribution in [0.1, 0.15) is 59.4 Å². The summed E-state index contributed by atoms with van der Waals surface area (Å²) >= 11 is 0. The second-order valence-corrected chi connectivity index (χ2v) is 7.74. The predicted molar refractivity (Wildman–Crippen MR) is 109 cm³/mol. The van der Waals surface area contributed by atoms with Crippen LogP contribution < -0.4 is 5.32 Å². The van der Waals surface area contributed by atoms with Crippen LogP contribution in [0.4, 0.5) is 0 Å². The summed E-state index contributed by atoms with van der Waals surface area (Å²) in [6, 6.07) is 14.0. The third kappa shape index (κ3) is 4.86. The minimum absolute atomic E-state index is 0.384. The number of ether oxygens (including phenoxy) is 1. The SMILES string of the molecule is Cc1cc(C(=O)OCC(=O)NC2(C#N)CCCCC2)c(C)n1Cc1ccccc1. The maximum atomic E-state index is 12.5. The Morgan fingerprint density at radius 1 is 1.17 bits per heavy atom. The molecule has 0 bridgehead atoms. The Balaban J connectivity index is 1.61. The molecule has 3 rings (SSSR count). The fraction of sp³-hybridized carbons (Fsp3) is 0.435. The van der Waals surface area contributed by atoms with Crippen LogP contribution in [0.5, 0.6) is 0 Å². The molecule has 0 radical (unpaired) electrons. The van der Waals surface area contributed by atoms with Crippen molar-refractivity contribution in [3.8, 4) is 6.07 Å². The number of rotatable bonds is 6. The van der Waals surface area contributed by atoms with Gasteiger partial charge in [0.15, 0.2) is 6.61 Å². The predicted octanol–water partition coefficient (Wildman–Crippen LogP) is 3.65. The minimum Gasteiger partial charge on any atom is -0.452 e. The number of nitrogens with zero attached hydrogens (tertiary/aromatic N) is 2. The molecule has 0 aliphatic heterocycles. The van der Waals surface area contributed by atoms with Gasteiger partial charge in [0.05, 0.1) is 11.6 Å². The first-order valence-electron chi connectivity index (χ1n) is 10.0. The van der Waals surface area contributed by atoms with Gasteiger partial charge < -0.3 is 14.6 Å². The summed E-state index contributed by atoms with van der Waals surface area (Å²) in [7, 11) is 0. The lowest BCUT2D eigenvalue weighted by Crippen LogP contribution is -2.50. The Morgan fingerprint density at radius 2 is 1.86 bits per heavy atom. The van der Waals surface area contributed by atoms with Crippen molar-refractivity contribution in [1.29, 1.82) is 5.26 Å². The van der Waals surface area contributed by atoms with Gasteiger partial charge in [-0.05, 0) is 38.3 Å². The highest BCUT2D eigenvalue weighted by Gasteiger charge is 2.33. The molecule has 2 aromatic rings. The van der Waals surface area contributed by atoms with Crippen LogP contribution >= 0.6 is 0 Å². The first kappa shape index (κ1) is 20.7. The van der Waals surface area contributed by atoms with Gasteiger partial charge in [0.2, 0.25) is 0 Å². The molecule has 6 heteroatoms. The van der Waals surface area contributed by atoms with E-state index in [0.29, 0.717) is 24.9 Å². The lowest BCUT2D eigenvalue weighted by Gasteiger charge is -2.31. The van der Waals surface area contributed by atoms with Crippen molar-refractivity contribution in [2.24, 2.45) is 0 Å². The summed E-state index contributed by atoms with van der Waals surface area (Å²) < 4.78 is 7.30. The summed E-state index contributed by atoms with van der Waals surface area (Å²) in [6.07, 6.45) is 4.20. The zero-order chi connectivity index (χ0) is 20.9. The number of carbonyl (C=O) groups is 2. The molecule has 6 nitrogen and oxygen atoms in total. The Kier molecular flexibility index (Phi) is 6.38. The van der Waals surface area contributed by atoms with E-state index in [-0.39, 0.29) is 6.61 Å². The summed E-state index contributed by atoms with van der Waals surface area (Å²) in [4.78, 5) is 24.8. The van der Waals surface area contributed by atoms with Crippen molar-refractivity contribution >= 4 is 11.9 Å². The van der Waals surface area contributed by atoms with Gasteiger partial charge in [-0.3, -0.25) is 4.79 Å². The maximum Gasteiger partial charge on any atom is 0.340 e. The smallest absolute Gasteiger partial charge is 0.340 e. The van der Waals surface area contributed by atoms with Gasteiger partial charge >= 0.3 is 5.97 Å². The number of amides is 1. The van der Waals surface area contributed by atoms with Crippen LogP contribution in [0, 0.1) is 25.2 Å². The van der Waals surface area contributed by atoms with E-state index in [1.807, 2.05) is 44.2 Å². The molecule has 1 aliphatic carbocycles. The van der Waals surface area contributed by atoms with Gasteiger partial charge in [-0.1, -0.05) is 49.6 Å².